The number of fused-ring (bicyclic) bond motifs is 1. The molecule has 148 valence electrons. The first-order chi connectivity index (χ1) is 13.4. The molecule has 0 aliphatic heterocycles. The molecule has 3 rings (SSSR count). The van der Waals surface area contributed by atoms with Gasteiger partial charge in [-0.25, -0.2) is 9.97 Å². The fraction of sp³-hybridized carbons (Fsp3) is 0.400. The summed E-state index contributed by atoms with van der Waals surface area (Å²) in [6, 6.07) is 3.86. The number of carbonyl (C=O) groups excluding carboxylic acids is 2. The third kappa shape index (κ3) is 4.39. The molecule has 8 heteroatoms. The quantitative estimate of drug-likeness (QED) is 0.593. The van der Waals surface area contributed by atoms with Gasteiger partial charge >= 0.3 is 0 Å². The topological polar surface area (TPSA) is 88.4 Å². The summed E-state index contributed by atoms with van der Waals surface area (Å²) in [7, 11) is 0. The molecule has 2 amide bonds. The standard InChI is InChI=1S/C20H25N5O2S/c1-12(2)15-11-28-20(23-15)24-16(26)8-5-9-21-19(27)17-14(4)22-18-13(3)7-6-10-25(17)18/h6-7,10-12H,5,8-9H2,1-4H3,(H,21,27)(H,23,24,26). The number of amides is 2. The van der Waals surface area contributed by atoms with Crippen LogP contribution >= 0.6 is 11.3 Å². The van der Waals surface area contributed by atoms with Gasteiger partial charge in [0.25, 0.3) is 5.91 Å². The highest BCUT2D eigenvalue weighted by molar-refractivity contribution is 7.13. The van der Waals surface area contributed by atoms with E-state index in [1.54, 1.807) is 0 Å². The van der Waals surface area contributed by atoms with Gasteiger partial charge in [-0.05, 0) is 37.8 Å². The van der Waals surface area contributed by atoms with Gasteiger partial charge in [-0.1, -0.05) is 19.9 Å². The Morgan fingerprint density at radius 2 is 2.04 bits per heavy atom. The first-order valence-electron chi connectivity index (χ1n) is 9.34. The molecular formula is C20H25N5O2S. The molecule has 3 aromatic heterocycles. The Kier molecular flexibility index (Phi) is 6.08. The van der Waals surface area contributed by atoms with Crippen LogP contribution in [-0.4, -0.2) is 32.7 Å². The highest BCUT2D eigenvalue weighted by Gasteiger charge is 2.17. The van der Waals surface area contributed by atoms with E-state index in [0.717, 1.165) is 16.9 Å². The number of hydrogen-bond acceptors (Lipinski definition) is 5. The predicted molar refractivity (Wildman–Crippen MR) is 111 cm³/mol. The van der Waals surface area contributed by atoms with Gasteiger partial charge in [0, 0.05) is 24.5 Å². The van der Waals surface area contributed by atoms with Crippen LogP contribution in [0.2, 0.25) is 0 Å². The van der Waals surface area contributed by atoms with Crippen molar-refractivity contribution in [3.8, 4) is 0 Å². The molecule has 2 N–H and O–H groups in total. The smallest absolute Gasteiger partial charge is 0.270 e. The zero-order valence-electron chi connectivity index (χ0n) is 16.6. The number of anilines is 1. The molecular weight excluding hydrogens is 374 g/mol. The predicted octanol–water partition coefficient (Wildman–Crippen LogP) is 3.68. The molecule has 0 aromatic carbocycles. The van der Waals surface area contributed by atoms with Crippen LogP contribution in [-0.2, 0) is 4.79 Å². The van der Waals surface area contributed by atoms with E-state index < -0.39 is 0 Å². The van der Waals surface area contributed by atoms with E-state index in [2.05, 4.69) is 34.4 Å². The van der Waals surface area contributed by atoms with Crippen molar-refractivity contribution in [1.29, 1.82) is 0 Å². The van der Waals surface area contributed by atoms with Crippen molar-refractivity contribution in [3.63, 3.8) is 0 Å². The largest absolute Gasteiger partial charge is 0.351 e. The Labute approximate surface area is 168 Å². The van der Waals surface area contributed by atoms with E-state index in [9.17, 15) is 9.59 Å². The Bertz CT molecular complexity index is 1010. The number of aromatic nitrogens is 3. The van der Waals surface area contributed by atoms with E-state index >= 15 is 0 Å². The first kappa shape index (κ1) is 20.0. The van der Waals surface area contributed by atoms with Gasteiger partial charge < -0.3 is 10.6 Å². The van der Waals surface area contributed by atoms with Gasteiger partial charge in [0.05, 0.1) is 11.4 Å². The molecule has 0 saturated carbocycles. The van der Waals surface area contributed by atoms with Crippen LogP contribution in [0.1, 0.15) is 60.0 Å². The second-order valence-corrected chi connectivity index (χ2v) is 7.93. The lowest BCUT2D eigenvalue weighted by Crippen LogP contribution is -2.27. The molecule has 3 aromatic rings. The van der Waals surface area contributed by atoms with Crippen LogP contribution in [0.15, 0.2) is 23.7 Å². The number of hydrogen-bond donors (Lipinski definition) is 2. The van der Waals surface area contributed by atoms with Crippen molar-refractivity contribution in [1.82, 2.24) is 19.7 Å². The minimum Gasteiger partial charge on any atom is -0.351 e. The summed E-state index contributed by atoms with van der Waals surface area (Å²) in [4.78, 5) is 33.5. The third-order valence-corrected chi connectivity index (χ3v) is 5.24. The molecule has 0 bridgehead atoms. The number of nitrogens with zero attached hydrogens (tertiary/aromatic N) is 3. The molecule has 28 heavy (non-hydrogen) atoms. The fourth-order valence-electron chi connectivity index (χ4n) is 2.92. The van der Waals surface area contributed by atoms with E-state index in [1.165, 1.54) is 11.3 Å². The van der Waals surface area contributed by atoms with Crippen molar-refractivity contribution in [2.75, 3.05) is 11.9 Å². The summed E-state index contributed by atoms with van der Waals surface area (Å²) in [5.74, 6) is 0.0574. The van der Waals surface area contributed by atoms with Gasteiger partial charge in [0.1, 0.15) is 11.3 Å². The summed E-state index contributed by atoms with van der Waals surface area (Å²) in [5, 5.41) is 8.28. The molecule has 0 aliphatic rings. The average Bonchev–Trinajstić information content (AvgIpc) is 3.23. The second-order valence-electron chi connectivity index (χ2n) is 7.07. The van der Waals surface area contributed by atoms with Crippen LogP contribution in [0.5, 0.6) is 0 Å². The number of pyridine rings is 1. The first-order valence-corrected chi connectivity index (χ1v) is 10.2. The Morgan fingerprint density at radius 3 is 2.75 bits per heavy atom. The Morgan fingerprint density at radius 1 is 1.25 bits per heavy atom. The summed E-state index contributed by atoms with van der Waals surface area (Å²) in [6.07, 6.45) is 2.71. The number of imidazole rings is 1. The van der Waals surface area contributed by atoms with E-state index in [4.69, 9.17) is 0 Å². The molecule has 0 fully saturated rings. The monoisotopic (exact) mass is 399 g/mol. The van der Waals surface area contributed by atoms with Gasteiger partial charge in [0.15, 0.2) is 5.13 Å². The molecule has 0 radical (unpaired) electrons. The number of nitrogens with one attached hydrogen (secondary N) is 2. The molecule has 0 atom stereocenters. The lowest BCUT2D eigenvalue weighted by molar-refractivity contribution is -0.116. The maximum atomic E-state index is 12.6. The van der Waals surface area contributed by atoms with Crippen LogP contribution in [0.4, 0.5) is 5.13 Å². The molecule has 0 unspecified atom stereocenters. The van der Waals surface area contributed by atoms with Crippen molar-refractivity contribution in [3.05, 3.63) is 46.4 Å². The number of aryl methyl sites for hydroxylation is 2. The lowest BCUT2D eigenvalue weighted by Gasteiger charge is -2.06. The maximum Gasteiger partial charge on any atom is 0.270 e. The van der Waals surface area contributed by atoms with Gasteiger partial charge in [-0.2, -0.15) is 0 Å². The molecule has 3 heterocycles. The normalized spacial score (nSPS) is 11.2. The SMILES string of the molecule is Cc1nc2c(C)cccn2c1C(=O)NCCCC(=O)Nc1nc(C(C)C)cs1. The highest BCUT2D eigenvalue weighted by atomic mass is 32.1. The van der Waals surface area contributed by atoms with Gasteiger partial charge in [0.2, 0.25) is 5.91 Å². The van der Waals surface area contributed by atoms with Crippen molar-refractivity contribution in [2.45, 2.75) is 46.5 Å². The number of carbonyl (C=O) groups is 2. The van der Waals surface area contributed by atoms with Crippen molar-refractivity contribution < 1.29 is 9.59 Å². The van der Waals surface area contributed by atoms with E-state index in [1.807, 2.05) is 42.0 Å². The molecule has 7 nitrogen and oxygen atoms in total. The number of thiazole rings is 1. The maximum absolute atomic E-state index is 12.6. The minimum atomic E-state index is -0.183. The van der Waals surface area contributed by atoms with Crippen LogP contribution in [0.3, 0.4) is 0 Å². The zero-order chi connectivity index (χ0) is 20.3. The minimum absolute atomic E-state index is 0.0967. The van der Waals surface area contributed by atoms with Gasteiger partial charge in [-0.3, -0.25) is 14.0 Å². The summed E-state index contributed by atoms with van der Waals surface area (Å²) >= 11 is 1.43. The molecule has 0 aliphatic carbocycles. The van der Waals surface area contributed by atoms with Crippen LogP contribution in [0.25, 0.3) is 5.65 Å². The fourth-order valence-corrected chi connectivity index (χ4v) is 3.80. The second kappa shape index (κ2) is 8.52. The van der Waals surface area contributed by atoms with E-state index in [0.29, 0.717) is 41.8 Å². The zero-order valence-corrected chi connectivity index (χ0v) is 17.4. The Balaban J connectivity index is 1.50. The van der Waals surface area contributed by atoms with Crippen molar-refractivity contribution >= 4 is 33.9 Å². The molecule has 0 spiro atoms. The lowest BCUT2D eigenvalue weighted by atomic mass is 10.2. The van der Waals surface area contributed by atoms with E-state index in [-0.39, 0.29) is 11.8 Å². The highest BCUT2D eigenvalue weighted by Crippen LogP contribution is 2.21. The van der Waals surface area contributed by atoms with Crippen LogP contribution in [0, 0.1) is 13.8 Å². The average molecular weight is 400 g/mol. The number of rotatable bonds is 7. The summed E-state index contributed by atoms with van der Waals surface area (Å²) < 4.78 is 1.81. The third-order valence-electron chi connectivity index (χ3n) is 4.46. The van der Waals surface area contributed by atoms with Crippen LogP contribution < -0.4 is 10.6 Å². The Hall–Kier alpha value is -2.74. The van der Waals surface area contributed by atoms with Gasteiger partial charge in [-0.15, -0.1) is 11.3 Å². The summed E-state index contributed by atoms with van der Waals surface area (Å²) in [5.41, 5.74) is 4.01. The summed E-state index contributed by atoms with van der Waals surface area (Å²) in [6.45, 7) is 8.34. The van der Waals surface area contributed by atoms with Crippen molar-refractivity contribution in [2.24, 2.45) is 0 Å². The molecule has 0 saturated heterocycles.